The molecule has 0 unspecified atom stereocenters. The highest BCUT2D eigenvalue weighted by molar-refractivity contribution is 9.10. The topological polar surface area (TPSA) is 71.1 Å². The summed E-state index contributed by atoms with van der Waals surface area (Å²) >= 11 is 3.12. The number of aromatic nitrogens is 1. The molecule has 0 amide bonds. The number of rotatable bonds is 5. The number of nitrogens with one attached hydrogen (secondary N) is 2. The van der Waals surface area contributed by atoms with Gasteiger partial charge in [-0.15, -0.1) is 0 Å². The van der Waals surface area contributed by atoms with E-state index in [1.807, 2.05) is 6.92 Å². The molecule has 0 aliphatic rings. The third-order valence-corrected chi connectivity index (χ3v) is 4.67. The summed E-state index contributed by atoms with van der Waals surface area (Å²) in [5.41, 5.74) is 0.709. The second-order valence-corrected chi connectivity index (χ2v) is 6.64. The quantitative estimate of drug-likeness (QED) is 0.843. The predicted molar refractivity (Wildman–Crippen MR) is 83.3 cm³/mol. The van der Waals surface area contributed by atoms with Crippen molar-refractivity contribution < 1.29 is 12.8 Å². The molecule has 0 spiro atoms. The van der Waals surface area contributed by atoms with Crippen molar-refractivity contribution >= 4 is 37.3 Å². The molecule has 0 atom stereocenters. The van der Waals surface area contributed by atoms with Crippen LogP contribution in [0.2, 0.25) is 0 Å². The van der Waals surface area contributed by atoms with Crippen molar-refractivity contribution in [2.75, 3.05) is 16.6 Å². The van der Waals surface area contributed by atoms with Gasteiger partial charge < -0.3 is 5.32 Å². The van der Waals surface area contributed by atoms with Gasteiger partial charge in [-0.3, -0.25) is 9.71 Å². The lowest BCUT2D eigenvalue weighted by molar-refractivity contribution is 0.600. The van der Waals surface area contributed by atoms with Gasteiger partial charge in [-0.05, 0) is 47.1 Å². The number of benzene rings is 1. The van der Waals surface area contributed by atoms with Crippen LogP contribution in [0.5, 0.6) is 0 Å². The van der Waals surface area contributed by atoms with Crippen LogP contribution in [0.1, 0.15) is 6.92 Å². The van der Waals surface area contributed by atoms with Crippen LogP contribution in [0.25, 0.3) is 0 Å². The van der Waals surface area contributed by atoms with E-state index < -0.39 is 15.8 Å². The maximum Gasteiger partial charge on any atom is 0.265 e. The third kappa shape index (κ3) is 3.70. The normalized spacial score (nSPS) is 11.2. The molecular formula is C13H13BrFN3O2S. The van der Waals surface area contributed by atoms with Crippen LogP contribution in [-0.4, -0.2) is 19.9 Å². The Labute approximate surface area is 130 Å². The van der Waals surface area contributed by atoms with Crippen LogP contribution >= 0.6 is 15.9 Å². The van der Waals surface area contributed by atoms with Crippen molar-refractivity contribution in [2.45, 2.75) is 11.8 Å². The van der Waals surface area contributed by atoms with E-state index in [0.29, 0.717) is 16.7 Å². The second kappa shape index (κ2) is 6.40. The number of halogens is 2. The summed E-state index contributed by atoms with van der Waals surface area (Å²) < 4.78 is 40.6. The summed E-state index contributed by atoms with van der Waals surface area (Å²) in [6.45, 7) is 2.44. The van der Waals surface area contributed by atoms with E-state index in [1.165, 1.54) is 30.6 Å². The first-order chi connectivity index (χ1) is 9.94. The van der Waals surface area contributed by atoms with E-state index in [4.69, 9.17) is 0 Å². The highest BCUT2D eigenvalue weighted by Gasteiger charge is 2.20. The Bertz CT molecular complexity index is 753. The van der Waals surface area contributed by atoms with Gasteiger partial charge >= 0.3 is 0 Å². The summed E-state index contributed by atoms with van der Waals surface area (Å²) in [5, 5.41) is 2.96. The number of hydrogen-bond acceptors (Lipinski definition) is 4. The average Bonchev–Trinajstić information content (AvgIpc) is 2.43. The molecule has 2 aromatic rings. The summed E-state index contributed by atoms with van der Waals surface area (Å²) in [6, 6.07) is 5.29. The lowest BCUT2D eigenvalue weighted by Gasteiger charge is -2.13. The Morgan fingerprint density at radius 3 is 2.71 bits per heavy atom. The zero-order valence-electron chi connectivity index (χ0n) is 11.1. The molecule has 0 fully saturated rings. The van der Waals surface area contributed by atoms with Crippen molar-refractivity contribution in [3.8, 4) is 0 Å². The summed E-state index contributed by atoms with van der Waals surface area (Å²) in [7, 11) is -3.83. The van der Waals surface area contributed by atoms with Crippen LogP contribution in [0.3, 0.4) is 0 Å². The SMILES string of the molecule is CCNc1ccncc1S(=O)(=O)Nc1ccc(F)cc1Br. The fraction of sp³-hybridized carbons (Fsp3) is 0.154. The summed E-state index contributed by atoms with van der Waals surface area (Å²) in [5.74, 6) is -0.459. The average molecular weight is 374 g/mol. The van der Waals surface area contributed by atoms with Gasteiger partial charge in [0.1, 0.15) is 10.7 Å². The number of anilines is 2. The van der Waals surface area contributed by atoms with Crippen molar-refractivity contribution in [1.82, 2.24) is 4.98 Å². The van der Waals surface area contributed by atoms with Crippen LogP contribution < -0.4 is 10.0 Å². The second-order valence-electron chi connectivity index (χ2n) is 4.13. The van der Waals surface area contributed by atoms with E-state index in [0.717, 1.165) is 0 Å². The molecule has 1 aromatic carbocycles. The van der Waals surface area contributed by atoms with Crippen molar-refractivity contribution in [1.29, 1.82) is 0 Å². The zero-order valence-corrected chi connectivity index (χ0v) is 13.5. The molecule has 0 saturated heterocycles. The molecule has 0 bridgehead atoms. The molecule has 5 nitrogen and oxygen atoms in total. The van der Waals surface area contributed by atoms with Gasteiger partial charge in [-0.25, -0.2) is 12.8 Å². The molecular weight excluding hydrogens is 361 g/mol. The van der Waals surface area contributed by atoms with Crippen molar-refractivity contribution in [2.24, 2.45) is 0 Å². The van der Waals surface area contributed by atoms with E-state index in [2.05, 4.69) is 31.0 Å². The number of pyridine rings is 1. The monoisotopic (exact) mass is 373 g/mol. The standard InChI is InChI=1S/C13H13BrFN3O2S/c1-2-17-12-5-6-16-8-13(12)21(19,20)18-11-4-3-9(15)7-10(11)14/h3-8,18H,2H2,1H3,(H,16,17). The van der Waals surface area contributed by atoms with E-state index in [1.54, 1.807) is 6.07 Å². The third-order valence-electron chi connectivity index (χ3n) is 2.62. The molecule has 112 valence electrons. The van der Waals surface area contributed by atoms with Gasteiger partial charge in [0.2, 0.25) is 0 Å². The maximum atomic E-state index is 13.0. The van der Waals surface area contributed by atoms with E-state index >= 15 is 0 Å². The molecule has 2 N–H and O–H groups in total. The van der Waals surface area contributed by atoms with Crippen LogP contribution in [-0.2, 0) is 10.0 Å². The molecule has 8 heteroatoms. The Morgan fingerprint density at radius 1 is 1.29 bits per heavy atom. The van der Waals surface area contributed by atoms with Gasteiger partial charge in [0.25, 0.3) is 10.0 Å². The minimum Gasteiger partial charge on any atom is -0.384 e. The Kier molecular flexibility index (Phi) is 4.79. The largest absolute Gasteiger partial charge is 0.384 e. The van der Waals surface area contributed by atoms with Crippen LogP contribution in [0.15, 0.2) is 46.0 Å². The van der Waals surface area contributed by atoms with E-state index in [-0.39, 0.29) is 10.6 Å². The summed E-state index contributed by atoms with van der Waals surface area (Å²) in [6.07, 6.45) is 2.77. The fourth-order valence-electron chi connectivity index (χ4n) is 1.70. The first kappa shape index (κ1) is 15.7. The maximum absolute atomic E-state index is 13.0. The smallest absolute Gasteiger partial charge is 0.265 e. The molecule has 0 aliphatic carbocycles. The first-order valence-electron chi connectivity index (χ1n) is 6.10. The minimum atomic E-state index is -3.83. The molecule has 1 aromatic heterocycles. The Hall–Kier alpha value is -1.67. The highest BCUT2D eigenvalue weighted by atomic mass is 79.9. The van der Waals surface area contributed by atoms with Crippen LogP contribution in [0, 0.1) is 5.82 Å². The van der Waals surface area contributed by atoms with Gasteiger partial charge in [-0.1, -0.05) is 0 Å². The molecule has 0 radical (unpaired) electrons. The highest BCUT2D eigenvalue weighted by Crippen LogP contribution is 2.27. The predicted octanol–water partition coefficient (Wildman–Crippen LogP) is 3.22. The fourth-order valence-corrected chi connectivity index (χ4v) is 3.49. The molecule has 0 saturated carbocycles. The van der Waals surface area contributed by atoms with Gasteiger partial charge in [-0.2, -0.15) is 0 Å². The molecule has 1 heterocycles. The lowest BCUT2D eigenvalue weighted by Crippen LogP contribution is -2.16. The number of nitrogens with zero attached hydrogens (tertiary/aromatic N) is 1. The van der Waals surface area contributed by atoms with Crippen LogP contribution in [0.4, 0.5) is 15.8 Å². The first-order valence-corrected chi connectivity index (χ1v) is 8.37. The zero-order chi connectivity index (χ0) is 15.5. The molecule has 2 rings (SSSR count). The lowest BCUT2D eigenvalue weighted by atomic mass is 10.3. The molecule has 0 aliphatic heterocycles. The van der Waals surface area contributed by atoms with Gasteiger partial charge in [0.15, 0.2) is 0 Å². The van der Waals surface area contributed by atoms with Gasteiger partial charge in [0.05, 0.1) is 11.4 Å². The number of hydrogen-bond donors (Lipinski definition) is 2. The van der Waals surface area contributed by atoms with Gasteiger partial charge in [0, 0.05) is 23.4 Å². The van der Waals surface area contributed by atoms with Crippen molar-refractivity contribution in [3.63, 3.8) is 0 Å². The molecule has 21 heavy (non-hydrogen) atoms. The minimum absolute atomic E-state index is 0.0306. The Morgan fingerprint density at radius 2 is 2.05 bits per heavy atom. The van der Waals surface area contributed by atoms with E-state index in [9.17, 15) is 12.8 Å². The van der Waals surface area contributed by atoms with Crippen molar-refractivity contribution in [3.05, 3.63) is 46.9 Å². The number of sulfonamides is 1. The summed E-state index contributed by atoms with van der Waals surface area (Å²) in [4.78, 5) is 3.87. The Balaban J connectivity index is 2.39.